The smallest absolute Gasteiger partial charge is 0.379 e. The minimum atomic E-state index is -4.43. The Kier molecular flexibility index (Phi) is 8.55. The summed E-state index contributed by atoms with van der Waals surface area (Å²) in [4.78, 5) is 23.6. The van der Waals surface area contributed by atoms with E-state index in [1.807, 2.05) is 11.8 Å². The highest BCUT2D eigenvalue weighted by Crippen LogP contribution is 2.30. The second-order valence-electron chi connectivity index (χ2n) is 11.7. The first-order valence-corrected chi connectivity index (χ1v) is 13.6. The zero-order valence-electron chi connectivity index (χ0n) is 22.9. The fourth-order valence-electron chi connectivity index (χ4n) is 5.34. The highest BCUT2D eigenvalue weighted by Gasteiger charge is 2.32. The van der Waals surface area contributed by atoms with Gasteiger partial charge >= 0.3 is 6.18 Å². The number of rotatable bonds is 6. The number of alkyl halides is 3. The molecule has 0 radical (unpaired) electrons. The van der Waals surface area contributed by atoms with Crippen LogP contribution in [0.2, 0.25) is 0 Å². The van der Waals surface area contributed by atoms with E-state index in [1.54, 1.807) is 0 Å². The van der Waals surface area contributed by atoms with Crippen molar-refractivity contribution in [1.29, 1.82) is 0 Å². The van der Waals surface area contributed by atoms with Crippen molar-refractivity contribution < 1.29 is 18.0 Å². The Hall–Kier alpha value is -2.81. The van der Waals surface area contributed by atoms with E-state index >= 15 is 0 Å². The molecule has 0 aliphatic carbocycles. The average molecular weight is 532 g/mol. The van der Waals surface area contributed by atoms with Crippen molar-refractivity contribution in [2.45, 2.75) is 58.2 Å². The van der Waals surface area contributed by atoms with Crippen LogP contribution in [0.5, 0.6) is 0 Å². The van der Waals surface area contributed by atoms with Crippen LogP contribution in [-0.4, -0.2) is 72.5 Å². The molecule has 0 saturated carbocycles. The summed E-state index contributed by atoms with van der Waals surface area (Å²) in [6.45, 7) is 14.2. The minimum Gasteiger partial charge on any atom is -0.379 e. The van der Waals surface area contributed by atoms with Crippen molar-refractivity contribution in [3.8, 4) is 0 Å². The first-order chi connectivity index (χ1) is 17.9. The van der Waals surface area contributed by atoms with Crippen molar-refractivity contribution in [1.82, 2.24) is 14.8 Å². The Morgan fingerprint density at radius 3 is 2.34 bits per heavy atom. The van der Waals surface area contributed by atoms with Crippen molar-refractivity contribution >= 4 is 17.3 Å². The monoisotopic (exact) mass is 531 g/mol. The van der Waals surface area contributed by atoms with Crippen LogP contribution in [0.25, 0.3) is 0 Å². The summed E-state index contributed by atoms with van der Waals surface area (Å²) in [5.41, 5.74) is 2.26. The number of hydrogen-bond donors (Lipinski definition) is 1. The summed E-state index contributed by atoms with van der Waals surface area (Å²) in [6.07, 6.45) is -0.595. The van der Waals surface area contributed by atoms with Crippen LogP contribution in [-0.2, 0) is 16.4 Å². The summed E-state index contributed by atoms with van der Waals surface area (Å²) in [5.74, 6) is -0.0274. The van der Waals surface area contributed by atoms with Gasteiger partial charge < -0.3 is 15.1 Å². The van der Waals surface area contributed by atoms with Gasteiger partial charge in [0.1, 0.15) is 0 Å². The lowest BCUT2D eigenvalue weighted by Crippen LogP contribution is -2.51. The molecule has 3 heterocycles. The van der Waals surface area contributed by atoms with E-state index in [4.69, 9.17) is 0 Å². The molecule has 1 amide bonds. The molecule has 0 spiro atoms. The van der Waals surface area contributed by atoms with Crippen molar-refractivity contribution in [2.75, 3.05) is 56.0 Å². The molecule has 2 aliphatic rings. The molecule has 6 nitrogen and oxygen atoms in total. The maximum Gasteiger partial charge on any atom is 0.417 e. The number of pyridine rings is 1. The predicted molar refractivity (Wildman–Crippen MR) is 145 cm³/mol. The molecule has 0 bridgehead atoms. The van der Waals surface area contributed by atoms with E-state index in [-0.39, 0.29) is 23.3 Å². The third-order valence-electron chi connectivity index (χ3n) is 7.59. The standard InChI is InChI=1S/C29H40F3N5O/c1-21(19-35-12-14-36(15-13-35)26-9-7-22(8-10-26)28(2,3)4)27(38)37-11-5-6-24(20-37)34-25-16-23(17-33-18-25)29(30,31)32/h7-10,16-18,21,24,34H,5-6,11-15,19-20H2,1-4H3. The summed E-state index contributed by atoms with van der Waals surface area (Å²) in [6, 6.07) is 9.82. The molecule has 9 heteroatoms. The predicted octanol–water partition coefficient (Wildman–Crippen LogP) is 5.26. The fraction of sp³-hybridized carbons (Fsp3) is 0.586. The molecule has 38 heavy (non-hydrogen) atoms. The largest absolute Gasteiger partial charge is 0.417 e. The zero-order chi connectivity index (χ0) is 27.5. The number of carbonyl (C=O) groups excluding carboxylic acids is 1. The van der Waals surface area contributed by atoms with E-state index in [9.17, 15) is 18.0 Å². The van der Waals surface area contributed by atoms with E-state index < -0.39 is 11.7 Å². The van der Waals surface area contributed by atoms with Gasteiger partial charge in [-0.2, -0.15) is 13.2 Å². The topological polar surface area (TPSA) is 51.7 Å². The van der Waals surface area contributed by atoms with Crippen LogP contribution in [0.1, 0.15) is 51.7 Å². The Morgan fingerprint density at radius 2 is 1.71 bits per heavy atom. The molecule has 1 N–H and O–H groups in total. The van der Waals surface area contributed by atoms with Crippen molar-refractivity contribution in [3.05, 3.63) is 53.9 Å². The number of carbonyl (C=O) groups is 1. The lowest BCUT2D eigenvalue weighted by atomic mass is 9.87. The van der Waals surface area contributed by atoms with E-state index in [2.05, 4.69) is 65.1 Å². The normalized spacial score (nSPS) is 20.3. The maximum absolute atomic E-state index is 13.3. The Labute approximate surface area is 224 Å². The zero-order valence-corrected chi connectivity index (χ0v) is 22.9. The molecular weight excluding hydrogens is 491 g/mol. The number of nitrogens with zero attached hydrogens (tertiary/aromatic N) is 4. The van der Waals surface area contributed by atoms with Gasteiger partial charge in [0.25, 0.3) is 0 Å². The quantitative estimate of drug-likeness (QED) is 0.551. The van der Waals surface area contributed by atoms with Crippen LogP contribution in [0, 0.1) is 5.92 Å². The number of halogens is 3. The van der Waals surface area contributed by atoms with Gasteiger partial charge in [-0.15, -0.1) is 0 Å². The fourth-order valence-corrected chi connectivity index (χ4v) is 5.34. The lowest BCUT2D eigenvalue weighted by molar-refractivity contribution is -0.138. The Morgan fingerprint density at radius 1 is 1.03 bits per heavy atom. The number of anilines is 2. The number of piperazine rings is 1. The summed E-state index contributed by atoms with van der Waals surface area (Å²) < 4.78 is 39.1. The Balaban J connectivity index is 1.25. The number of hydrogen-bond acceptors (Lipinski definition) is 5. The first kappa shape index (κ1) is 28.2. The molecule has 2 atom stereocenters. The van der Waals surface area contributed by atoms with Crippen LogP contribution in [0.3, 0.4) is 0 Å². The number of benzene rings is 1. The molecule has 4 rings (SSSR count). The maximum atomic E-state index is 13.3. The second kappa shape index (κ2) is 11.5. The number of aromatic nitrogens is 1. The van der Waals surface area contributed by atoms with Gasteiger partial charge in [0.2, 0.25) is 5.91 Å². The number of amides is 1. The third kappa shape index (κ3) is 7.18. The molecule has 2 aromatic rings. The highest BCUT2D eigenvalue weighted by molar-refractivity contribution is 5.79. The second-order valence-corrected chi connectivity index (χ2v) is 11.7. The molecule has 1 aromatic carbocycles. The number of nitrogens with one attached hydrogen (secondary N) is 1. The van der Waals surface area contributed by atoms with Gasteiger partial charge in [0.05, 0.1) is 11.3 Å². The molecule has 2 fully saturated rings. The lowest BCUT2D eigenvalue weighted by Gasteiger charge is -2.39. The van der Waals surface area contributed by atoms with Crippen LogP contribution >= 0.6 is 0 Å². The van der Waals surface area contributed by atoms with Gasteiger partial charge in [-0.3, -0.25) is 14.7 Å². The first-order valence-electron chi connectivity index (χ1n) is 13.6. The molecule has 2 saturated heterocycles. The average Bonchev–Trinajstić information content (AvgIpc) is 2.88. The van der Waals surface area contributed by atoms with E-state index in [0.717, 1.165) is 51.3 Å². The molecular formula is C29H40F3N5O. The van der Waals surface area contributed by atoms with E-state index in [1.165, 1.54) is 17.4 Å². The Bertz CT molecular complexity index is 1070. The summed E-state index contributed by atoms with van der Waals surface area (Å²) in [5, 5.41) is 3.16. The van der Waals surface area contributed by atoms with Crippen molar-refractivity contribution in [3.63, 3.8) is 0 Å². The van der Waals surface area contributed by atoms with E-state index in [0.29, 0.717) is 25.3 Å². The minimum absolute atomic E-state index is 0.0987. The van der Waals surface area contributed by atoms with Gasteiger partial charge in [-0.25, -0.2) is 0 Å². The molecule has 2 unspecified atom stereocenters. The number of piperidine rings is 1. The molecule has 2 aliphatic heterocycles. The van der Waals surface area contributed by atoms with Gasteiger partial charge in [0, 0.05) is 75.9 Å². The van der Waals surface area contributed by atoms with Crippen LogP contribution in [0.15, 0.2) is 42.7 Å². The summed E-state index contributed by atoms with van der Waals surface area (Å²) >= 11 is 0. The SMILES string of the molecule is CC(CN1CCN(c2ccc(C(C)(C)C)cc2)CC1)C(=O)N1CCCC(Nc2cncc(C(F)(F)F)c2)C1. The molecule has 1 aromatic heterocycles. The van der Waals surface area contributed by atoms with Gasteiger partial charge in [0.15, 0.2) is 0 Å². The van der Waals surface area contributed by atoms with Crippen LogP contribution < -0.4 is 10.2 Å². The number of likely N-dealkylation sites (tertiary alicyclic amines) is 1. The summed E-state index contributed by atoms with van der Waals surface area (Å²) in [7, 11) is 0. The highest BCUT2D eigenvalue weighted by atomic mass is 19.4. The van der Waals surface area contributed by atoms with Crippen molar-refractivity contribution in [2.24, 2.45) is 5.92 Å². The molecule has 208 valence electrons. The van der Waals surface area contributed by atoms with Crippen LogP contribution in [0.4, 0.5) is 24.5 Å². The van der Waals surface area contributed by atoms with Gasteiger partial charge in [-0.05, 0) is 42.0 Å². The third-order valence-corrected chi connectivity index (χ3v) is 7.59. The van der Waals surface area contributed by atoms with Gasteiger partial charge in [-0.1, -0.05) is 39.8 Å².